The molecule has 0 atom stereocenters. The molecule has 0 aromatic rings. The van der Waals surface area contributed by atoms with Crippen LogP contribution in [-0.4, -0.2) is 14.7 Å². The van der Waals surface area contributed by atoms with Gasteiger partial charge in [0.2, 0.25) is 0 Å². The molecule has 0 bridgehead atoms. The van der Waals surface area contributed by atoms with Crippen molar-refractivity contribution in [2.75, 3.05) is 6.26 Å². The van der Waals surface area contributed by atoms with Crippen molar-refractivity contribution in [1.29, 1.82) is 0 Å². The Bertz CT molecular complexity index is 307. The third-order valence-electron chi connectivity index (χ3n) is 1.74. The Morgan fingerprint density at radius 1 is 1.27 bits per heavy atom. The molecule has 62 valence electrons. The van der Waals surface area contributed by atoms with Gasteiger partial charge in [-0.05, 0) is 25.3 Å². The monoisotopic (exact) mass is 172 g/mol. The minimum Gasteiger partial charge on any atom is -0.224 e. The maximum absolute atomic E-state index is 11.1. The average Bonchev–Trinajstić information content (AvgIpc) is 1.86. The highest BCUT2D eigenvalue weighted by atomic mass is 32.2. The number of rotatable bonds is 1. The Morgan fingerprint density at radius 2 is 1.82 bits per heavy atom. The maximum atomic E-state index is 11.1. The molecule has 0 aliphatic heterocycles. The van der Waals surface area contributed by atoms with Gasteiger partial charge in [0.25, 0.3) is 0 Å². The first-order valence-corrected chi connectivity index (χ1v) is 5.48. The normalized spacial score (nSPS) is 19.1. The molecule has 0 fully saturated rings. The molecule has 0 radical (unpaired) electrons. The summed E-state index contributed by atoms with van der Waals surface area (Å²) in [5, 5.41) is 0. The van der Waals surface area contributed by atoms with Gasteiger partial charge in [-0.15, -0.1) is 0 Å². The maximum Gasteiger partial charge on any atom is 0.175 e. The number of hydrogen-bond acceptors (Lipinski definition) is 2. The topological polar surface area (TPSA) is 34.1 Å². The van der Waals surface area contributed by atoms with Crippen LogP contribution in [0, 0.1) is 0 Å². The van der Waals surface area contributed by atoms with E-state index in [2.05, 4.69) is 0 Å². The molecule has 0 saturated carbocycles. The van der Waals surface area contributed by atoms with Crippen LogP contribution in [0.5, 0.6) is 0 Å². The van der Waals surface area contributed by atoms with Gasteiger partial charge in [0.1, 0.15) is 0 Å². The highest BCUT2D eigenvalue weighted by molar-refractivity contribution is 7.94. The second-order valence-corrected chi connectivity index (χ2v) is 4.79. The summed E-state index contributed by atoms with van der Waals surface area (Å²) in [6.45, 7) is 1.84. The molecule has 0 unspecified atom stereocenters. The SMILES string of the molecule is CC1=CCCC=C1S(C)(=O)=O. The first-order valence-electron chi connectivity index (χ1n) is 3.59. The van der Waals surface area contributed by atoms with Crippen LogP contribution in [0.1, 0.15) is 19.8 Å². The molecule has 0 amide bonds. The van der Waals surface area contributed by atoms with Gasteiger partial charge in [-0.3, -0.25) is 0 Å². The van der Waals surface area contributed by atoms with E-state index in [-0.39, 0.29) is 0 Å². The molecule has 0 aromatic carbocycles. The van der Waals surface area contributed by atoms with Gasteiger partial charge in [0.15, 0.2) is 9.84 Å². The van der Waals surface area contributed by atoms with E-state index in [1.54, 1.807) is 6.08 Å². The lowest BCUT2D eigenvalue weighted by atomic mass is 10.1. The van der Waals surface area contributed by atoms with E-state index < -0.39 is 9.84 Å². The van der Waals surface area contributed by atoms with E-state index in [9.17, 15) is 8.42 Å². The van der Waals surface area contributed by atoms with Crippen LogP contribution in [0.15, 0.2) is 22.6 Å². The van der Waals surface area contributed by atoms with E-state index in [0.717, 1.165) is 18.4 Å². The molecule has 1 aliphatic carbocycles. The van der Waals surface area contributed by atoms with Crippen LogP contribution in [0.4, 0.5) is 0 Å². The zero-order valence-corrected chi connectivity index (χ0v) is 7.61. The molecule has 1 aliphatic rings. The Hall–Kier alpha value is -0.570. The summed E-state index contributed by atoms with van der Waals surface area (Å²) < 4.78 is 22.2. The lowest BCUT2D eigenvalue weighted by Gasteiger charge is -2.09. The fraction of sp³-hybridized carbons (Fsp3) is 0.500. The summed E-state index contributed by atoms with van der Waals surface area (Å²) in [4.78, 5) is 0.503. The van der Waals surface area contributed by atoms with E-state index >= 15 is 0 Å². The average molecular weight is 172 g/mol. The second-order valence-electron chi connectivity index (χ2n) is 2.81. The van der Waals surface area contributed by atoms with Crippen LogP contribution in [0.2, 0.25) is 0 Å². The van der Waals surface area contributed by atoms with Crippen molar-refractivity contribution in [3.8, 4) is 0 Å². The van der Waals surface area contributed by atoms with Crippen molar-refractivity contribution < 1.29 is 8.42 Å². The Balaban J connectivity index is 3.07. The van der Waals surface area contributed by atoms with Crippen LogP contribution in [0.3, 0.4) is 0 Å². The lowest BCUT2D eigenvalue weighted by molar-refractivity contribution is 0.607. The summed E-state index contributed by atoms with van der Waals surface area (Å²) in [6, 6.07) is 0. The zero-order chi connectivity index (χ0) is 8.48. The molecular formula is C8H12O2S. The molecule has 0 N–H and O–H groups in total. The van der Waals surface area contributed by atoms with Gasteiger partial charge in [-0.2, -0.15) is 0 Å². The van der Waals surface area contributed by atoms with Crippen LogP contribution in [0.25, 0.3) is 0 Å². The minimum atomic E-state index is -2.98. The number of hydrogen-bond donors (Lipinski definition) is 0. The largest absolute Gasteiger partial charge is 0.224 e. The zero-order valence-electron chi connectivity index (χ0n) is 6.79. The molecule has 0 spiro atoms. The summed E-state index contributed by atoms with van der Waals surface area (Å²) in [6.07, 6.45) is 6.83. The third-order valence-corrected chi connectivity index (χ3v) is 3.02. The molecule has 0 aromatic heterocycles. The summed E-state index contributed by atoms with van der Waals surface area (Å²) >= 11 is 0. The van der Waals surface area contributed by atoms with Gasteiger partial charge in [0, 0.05) is 6.26 Å². The standard InChI is InChI=1S/C8H12O2S/c1-7-5-3-4-6-8(7)11(2,9)10/h5-6H,3-4H2,1-2H3. The van der Waals surface area contributed by atoms with Gasteiger partial charge >= 0.3 is 0 Å². The van der Waals surface area contributed by atoms with Gasteiger partial charge in [-0.25, -0.2) is 8.42 Å². The van der Waals surface area contributed by atoms with Crippen molar-refractivity contribution in [2.45, 2.75) is 19.8 Å². The van der Waals surface area contributed by atoms with Crippen LogP contribution < -0.4 is 0 Å². The van der Waals surface area contributed by atoms with E-state index in [1.807, 2.05) is 13.0 Å². The third kappa shape index (κ3) is 1.93. The molecule has 2 nitrogen and oxygen atoms in total. The van der Waals surface area contributed by atoms with Gasteiger partial charge in [-0.1, -0.05) is 12.2 Å². The van der Waals surface area contributed by atoms with Crippen molar-refractivity contribution in [2.24, 2.45) is 0 Å². The molecular weight excluding hydrogens is 160 g/mol. The van der Waals surface area contributed by atoms with E-state index in [4.69, 9.17) is 0 Å². The molecule has 0 heterocycles. The quantitative estimate of drug-likeness (QED) is 0.602. The highest BCUT2D eigenvalue weighted by Gasteiger charge is 2.14. The van der Waals surface area contributed by atoms with E-state index in [1.165, 1.54) is 6.26 Å². The predicted octanol–water partition coefficient (Wildman–Crippen LogP) is 1.66. The summed E-state index contributed by atoms with van der Waals surface area (Å²) in [5.74, 6) is 0. The highest BCUT2D eigenvalue weighted by Crippen LogP contribution is 2.21. The smallest absolute Gasteiger partial charge is 0.175 e. The second kappa shape index (κ2) is 2.81. The number of allylic oxidation sites excluding steroid dienone is 3. The Labute approximate surface area is 67.5 Å². The number of sulfone groups is 1. The first-order chi connectivity index (χ1) is 5.02. The molecule has 1 rings (SSSR count). The first kappa shape index (κ1) is 8.53. The van der Waals surface area contributed by atoms with Crippen LogP contribution in [-0.2, 0) is 9.84 Å². The van der Waals surface area contributed by atoms with Gasteiger partial charge < -0.3 is 0 Å². The van der Waals surface area contributed by atoms with Crippen LogP contribution >= 0.6 is 0 Å². The lowest BCUT2D eigenvalue weighted by Crippen LogP contribution is -2.04. The van der Waals surface area contributed by atoms with Crippen molar-refractivity contribution >= 4 is 9.84 Å². The minimum absolute atomic E-state index is 0.503. The predicted molar refractivity (Wildman–Crippen MR) is 45.9 cm³/mol. The van der Waals surface area contributed by atoms with Crippen molar-refractivity contribution in [3.05, 3.63) is 22.6 Å². The van der Waals surface area contributed by atoms with Crippen molar-refractivity contribution in [3.63, 3.8) is 0 Å². The molecule has 11 heavy (non-hydrogen) atoms. The summed E-state index contributed by atoms with van der Waals surface area (Å²) in [7, 11) is -2.98. The Morgan fingerprint density at radius 3 is 2.18 bits per heavy atom. The fourth-order valence-electron chi connectivity index (χ4n) is 1.22. The fourth-order valence-corrected chi connectivity index (χ4v) is 2.31. The molecule has 0 saturated heterocycles. The molecule has 3 heteroatoms. The Kier molecular flexibility index (Phi) is 2.18. The van der Waals surface area contributed by atoms with E-state index in [0.29, 0.717) is 4.91 Å². The van der Waals surface area contributed by atoms with Gasteiger partial charge in [0.05, 0.1) is 4.91 Å². The summed E-state index contributed by atoms with van der Waals surface area (Å²) in [5.41, 5.74) is 0.888. The van der Waals surface area contributed by atoms with Crippen molar-refractivity contribution in [1.82, 2.24) is 0 Å².